The van der Waals surface area contributed by atoms with Crippen molar-refractivity contribution in [3.8, 4) is 11.1 Å². The normalized spacial score (nSPS) is 17.4. The van der Waals surface area contributed by atoms with Gasteiger partial charge >= 0.3 is 0 Å². The molecule has 0 spiro atoms. The van der Waals surface area contributed by atoms with Crippen LogP contribution in [0.25, 0.3) is 11.1 Å². The fourth-order valence-corrected chi connectivity index (χ4v) is 3.81. The Bertz CT molecular complexity index is 853. The van der Waals surface area contributed by atoms with Gasteiger partial charge in [-0.1, -0.05) is 0 Å². The Morgan fingerprint density at radius 2 is 2.08 bits per heavy atom. The van der Waals surface area contributed by atoms with Gasteiger partial charge in [-0.2, -0.15) is 0 Å². The Hall–Kier alpha value is -2.67. The van der Waals surface area contributed by atoms with Crippen molar-refractivity contribution < 1.29 is 4.79 Å². The van der Waals surface area contributed by atoms with Gasteiger partial charge in [-0.25, -0.2) is 14.3 Å². The fraction of sp³-hybridized carbons (Fsp3) is 0.278. The quantitative estimate of drug-likeness (QED) is 0.725. The Morgan fingerprint density at radius 1 is 1.20 bits per heavy atom. The second-order valence-electron chi connectivity index (χ2n) is 6.06. The molecule has 0 aliphatic carbocycles. The molecule has 0 radical (unpaired) electrons. The van der Waals surface area contributed by atoms with E-state index in [9.17, 15) is 4.79 Å². The van der Waals surface area contributed by atoms with Gasteiger partial charge in [0.2, 0.25) is 0 Å². The van der Waals surface area contributed by atoms with Gasteiger partial charge in [0.15, 0.2) is 0 Å². The second-order valence-corrected chi connectivity index (χ2v) is 6.72. The summed E-state index contributed by atoms with van der Waals surface area (Å²) in [7, 11) is 0. The minimum atomic E-state index is 0.0537. The van der Waals surface area contributed by atoms with Gasteiger partial charge in [-0.3, -0.25) is 9.78 Å². The van der Waals surface area contributed by atoms with Gasteiger partial charge in [0.05, 0.1) is 17.5 Å². The van der Waals surface area contributed by atoms with E-state index in [1.165, 1.54) is 11.5 Å². The number of pyridine rings is 1. The predicted molar refractivity (Wildman–Crippen MR) is 95.3 cm³/mol. The van der Waals surface area contributed by atoms with Crippen LogP contribution in [0.15, 0.2) is 48.6 Å². The summed E-state index contributed by atoms with van der Waals surface area (Å²) in [5.74, 6) is 0.258. The molecule has 1 aliphatic heterocycles. The number of nitrogens with zero attached hydrogens (tertiary/aromatic N) is 5. The fourth-order valence-electron chi connectivity index (χ4n) is 3.30. The summed E-state index contributed by atoms with van der Waals surface area (Å²) in [4.78, 5) is 27.4. The number of hydrogen-bond acceptors (Lipinski definition) is 6. The molecule has 4 heterocycles. The highest BCUT2D eigenvalue weighted by molar-refractivity contribution is 7.03. The highest BCUT2D eigenvalue weighted by Crippen LogP contribution is 2.32. The summed E-state index contributed by atoms with van der Waals surface area (Å²) in [5, 5.41) is 1.80. The SMILES string of the molecule is O=C(c1cnsc1)N1CCCC(c2ncncc2-c2ccncc2)C1. The van der Waals surface area contributed by atoms with Crippen LogP contribution in [0.5, 0.6) is 0 Å². The molecule has 1 fully saturated rings. The largest absolute Gasteiger partial charge is 0.338 e. The maximum Gasteiger partial charge on any atom is 0.256 e. The molecule has 1 saturated heterocycles. The van der Waals surface area contributed by atoms with Crippen molar-refractivity contribution >= 4 is 17.4 Å². The van der Waals surface area contributed by atoms with Crippen LogP contribution in [0.3, 0.4) is 0 Å². The summed E-state index contributed by atoms with van der Waals surface area (Å²) in [5.41, 5.74) is 3.74. The average Bonchev–Trinajstić information content (AvgIpc) is 3.23. The molecule has 3 aromatic heterocycles. The molecule has 1 atom stereocenters. The first kappa shape index (κ1) is 15.8. The molecular weight excluding hydrogens is 334 g/mol. The Morgan fingerprint density at radius 3 is 2.88 bits per heavy atom. The van der Waals surface area contributed by atoms with Crippen LogP contribution in [0.4, 0.5) is 0 Å². The zero-order chi connectivity index (χ0) is 17.1. The van der Waals surface area contributed by atoms with Crippen molar-refractivity contribution in [3.05, 3.63) is 59.9 Å². The zero-order valence-electron chi connectivity index (χ0n) is 13.6. The maximum absolute atomic E-state index is 12.6. The summed E-state index contributed by atoms with van der Waals surface area (Å²) >= 11 is 1.30. The molecule has 1 amide bonds. The van der Waals surface area contributed by atoms with E-state index in [0.29, 0.717) is 12.1 Å². The number of piperidine rings is 1. The van der Waals surface area contributed by atoms with Crippen molar-refractivity contribution in [1.29, 1.82) is 0 Å². The van der Waals surface area contributed by atoms with Crippen LogP contribution in [0.1, 0.15) is 34.8 Å². The van der Waals surface area contributed by atoms with E-state index in [0.717, 1.165) is 36.2 Å². The molecule has 25 heavy (non-hydrogen) atoms. The van der Waals surface area contributed by atoms with Crippen LogP contribution in [-0.4, -0.2) is 43.2 Å². The Balaban J connectivity index is 1.61. The minimum absolute atomic E-state index is 0.0537. The summed E-state index contributed by atoms with van der Waals surface area (Å²) in [6.45, 7) is 1.45. The molecule has 0 aromatic carbocycles. The van der Waals surface area contributed by atoms with Crippen molar-refractivity contribution in [2.45, 2.75) is 18.8 Å². The standard InChI is InChI=1S/C18H17N5OS/c24-18(15-8-22-25-11-15)23-7-1-2-14(10-23)17-16(9-20-12-21-17)13-3-5-19-6-4-13/h3-6,8-9,11-12,14H,1-2,7,10H2. The first-order valence-corrected chi connectivity index (χ1v) is 9.05. The van der Waals surface area contributed by atoms with E-state index in [1.54, 1.807) is 30.3 Å². The molecule has 7 heteroatoms. The number of hydrogen-bond donors (Lipinski definition) is 0. The van der Waals surface area contributed by atoms with Gasteiger partial charge in [0.25, 0.3) is 5.91 Å². The summed E-state index contributed by atoms with van der Waals surface area (Å²) in [6.07, 6.45) is 10.6. The summed E-state index contributed by atoms with van der Waals surface area (Å²) < 4.78 is 4.04. The smallest absolute Gasteiger partial charge is 0.256 e. The molecule has 0 N–H and O–H groups in total. The lowest BCUT2D eigenvalue weighted by atomic mass is 9.90. The van der Waals surface area contributed by atoms with E-state index < -0.39 is 0 Å². The lowest BCUT2D eigenvalue weighted by molar-refractivity contribution is 0.0706. The van der Waals surface area contributed by atoms with Crippen molar-refractivity contribution in [2.24, 2.45) is 0 Å². The zero-order valence-corrected chi connectivity index (χ0v) is 14.4. The number of rotatable bonds is 3. The van der Waals surface area contributed by atoms with Gasteiger partial charge in [0.1, 0.15) is 6.33 Å². The monoisotopic (exact) mass is 351 g/mol. The Labute approximate surface area is 149 Å². The third kappa shape index (κ3) is 3.28. The maximum atomic E-state index is 12.6. The highest BCUT2D eigenvalue weighted by atomic mass is 32.1. The third-order valence-electron chi connectivity index (χ3n) is 4.51. The summed E-state index contributed by atoms with van der Waals surface area (Å²) in [6, 6.07) is 3.93. The molecule has 4 rings (SSSR count). The van der Waals surface area contributed by atoms with Gasteiger partial charge in [0, 0.05) is 48.5 Å². The van der Waals surface area contributed by atoms with E-state index in [1.807, 2.05) is 23.2 Å². The van der Waals surface area contributed by atoms with E-state index >= 15 is 0 Å². The molecule has 3 aromatic rings. The average molecular weight is 351 g/mol. The van der Waals surface area contributed by atoms with Gasteiger partial charge in [-0.15, -0.1) is 0 Å². The number of likely N-dealkylation sites (tertiary alicyclic amines) is 1. The number of aromatic nitrogens is 4. The van der Waals surface area contributed by atoms with Crippen LogP contribution in [0, 0.1) is 0 Å². The molecule has 0 bridgehead atoms. The topological polar surface area (TPSA) is 71.9 Å². The Kier molecular flexibility index (Phi) is 4.47. The molecule has 6 nitrogen and oxygen atoms in total. The highest BCUT2D eigenvalue weighted by Gasteiger charge is 2.28. The minimum Gasteiger partial charge on any atom is -0.338 e. The van der Waals surface area contributed by atoms with Gasteiger partial charge < -0.3 is 4.90 Å². The number of carbonyl (C=O) groups is 1. The molecule has 1 aliphatic rings. The molecule has 0 saturated carbocycles. The lowest BCUT2D eigenvalue weighted by Gasteiger charge is -2.33. The number of carbonyl (C=O) groups excluding carboxylic acids is 1. The molecular formula is C18H17N5OS. The van der Waals surface area contributed by atoms with Crippen molar-refractivity contribution in [3.63, 3.8) is 0 Å². The van der Waals surface area contributed by atoms with Crippen LogP contribution in [-0.2, 0) is 0 Å². The van der Waals surface area contributed by atoms with Crippen LogP contribution >= 0.6 is 11.5 Å². The van der Waals surface area contributed by atoms with Crippen molar-refractivity contribution in [2.75, 3.05) is 13.1 Å². The first-order chi connectivity index (χ1) is 12.3. The predicted octanol–water partition coefficient (Wildman–Crippen LogP) is 3.01. The third-order valence-corrected chi connectivity index (χ3v) is 5.10. The number of amides is 1. The second kappa shape index (κ2) is 7.06. The van der Waals surface area contributed by atoms with Crippen molar-refractivity contribution in [1.82, 2.24) is 24.2 Å². The van der Waals surface area contributed by atoms with E-state index in [4.69, 9.17) is 0 Å². The van der Waals surface area contributed by atoms with E-state index in [-0.39, 0.29) is 11.8 Å². The van der Waals surface area contributed by atoms with Gasteiger partial charge in [-0.05, 0) is 42.1 Å². The molecule has 126 valence electrons. The molecule has 1 unspecified atom stereocenters. The van der Waals surface area contributed by atoms with Crippen LogP contribution < -0.4 is 0 Å². The first-order valence-electron chi connectivity index (χ1n) is 8.22. The van der Waals surface area contributed by atoms with Crippen LogP contribution in [0.2, 0.25) is 0 Å². The lowest BCUT2D eigenvalue weighted by Crippen LogP contribution is -2.39. The van der Waals surface area contributed by atoms with E-state index in [2.05, 4.69) is 19.3 Å².